The summed E-state index contributed by atoms with van der Waals surface area (Å²) < 4.78 is 33.8. The number of ether oxygens (including phenoxy) is 1. The van der Waals surface area contributed by atoms with Crippen LogP contribution in [0.15, 0.2) is 27.6 Å². The largest absolute Gasteiger partial charge is 0.375 e. The van der Waals surface area contributed by atoms with E-state index in [0.717, 1.165) is 25.7 Å². The van der Waals surface area contributed by atoms with E-state index >= 15 is 0 Å². The Morgan fingerprint density at radius 1 is 1.29 bits per heavy atom. The van der Waals surface area contributed by atoms with Crippen molar-refractivity contribution in [1.82, 2.24) is 4.31 Å². The smallest absolute Gasteiger partial charge is 0.243 e. The Morgan fingerprint density at radius 3 is 2.81 bits per heavy atom. The zero-order valence-corrected chi connectivity index (χ0v) is 14.6. The van der Waals surface area contributed by atoms with Crippen LogP contribution in [0.4, 0.5) is 0 Å². The first-order valence-corrected chi connectivity index (χ1v) is 9.70. The van der Waals surface area contributed by atoms with Crippen molar-refractivity contribution in [2.45, 2.75) is 42.7 Å². The molecule has 4 nitrogen and oxygen atoms in total. The molecular formula is C14H17BrClNO3S. The molecule has 0 aromatic heterocycles. The molecule has 1 saturated carbocycles. The normalized spacial score (nSPS) is 27.3. The predicted octanol–water partition coefficient (Wildman–Crippen LogP) is 3.43. The number of benzene rings is 1. The Hall–Kier alpha value is -0.140. The molecule has 21 heavy (non-hydrogen) atoms. The third kappa shape index (κ3) is 3.01. The number of fused-ring (bicyclic) bond motifs is 1. The number of hydrogen-bond donors (Lipinski definition) is 0. The molecule has 1 heterocycles. The number of nitrogens with zero attached hydrogens (tertiary/aromatic N) is 1. The van der Waals surface area contributed by atoms with Crippen LogP contribution in [-0.4, -0.2) is 38.0 Å². The maximum Gasteiger partial charge on any atom is 0.243 e. The molecule has 0 bridgehead atoms. The van der Waals surface area contributed by atoms with Gasteiger partial charge in [0.15, 0.2) is 0 Å². The van der Waals surface area contributed by atoms with Gasteiger partial charge in [0.05, 0.1) is 28.7 Å². The molecule has 0 spiro atoms. The summed E-state index contributed by atoms with van der Waals surface area (Å²) in [6.07, 6.45) is 4.03. The molecule has 3 rings (SSSR count). The lowest BCUT2D eigenvalue weighted by Gasteiger charge is -2.42. The molecule has 2 fully saturated rings. The van der Waals surface area contributed by atoms with Gasteiger partial charge in [0.2, 0.25) is 10.0 Å². The monoisotopic (exact) mass is 393 g/mol. The van der Waals surface area contributed by atoms with E-state index in [1.807, 2.05) is 0 Å². The molecule has 1 aliphatic heterocycles. The molecule has 7 heteroatoms. The standard InChI is InChI=1S/C14H17BrClNO3S/c15-11-9-10(5-6-12(11)16)21(18,19)17-7-8-20-14-4-2-1-3-13(14)17/h5-6,9,13-14H,1-4,7-8H2. The van der Waals surface area contributed by atoms with Gasteiger partial charge in [-0.2, -0.15) is 4.31 Å². The SMILES string of the molecule is O=S(=O)(c1ccc(Cl)c(Br)c1)N1CCOC2CCCCC21. The fraction of sp³-hybridized carbons (Fsp3) is 0.571. The summed E-state index contributed by atoms with van der Waals surface area (Å²) in [5.41, 5.74) is 0. The highest BCUT2D eigenvalue weighted by Gasteiger charge is 2.40. The molecule has 1 saturated heterocycles. The topological polar surface area (TPSA) is 46.6 Å². The lowest BCUT2D eigenvalue weighted by Crippen LogP contribution is -2.54. The number of halogens is 2. The minimum Gasteiger partial charge on any atom is -0.375 e. The third-order valence-corrected chi connectivity index (χ3v) is 7.31. The average Bonchev–Trinajstić information content (AvgIpc) is 2.49. The number of hydrogen-bond acceptors (Lipinski definition) is 3. The zero-order valence-electron chi connectivity index (χ0n) is 11.5. The minimum absolute atomic E-state index is 0.0352. The number of sulfonamides is 1. The molecule has 116 valence electrons. The molecule has 0 amide bonds. The van der Waals surface area contributed by atoms with E-state index in [2.05, 4.69) is 15.9 Å². The lowest BCUT2D eigenvalue weighted by molar-refractivity contribution is -0.0586. The van der Waals surface area contributed by atoms with Gasteiger partial charge in [-0.05, 0) is 47.0 Å². The van der Waals surface area contributed by atoms with Crippen molar-refractivity contribution in [3.05, 3.63) is 27.7 Å². The van der Waals surface area contributed by atoms with Gasteiger partial charge in [0.25, 0.3) is 0 Å². The van der Waals surface area contributed by atoms with Crippen molar-refractivity contribution in [2.75, 3.05) is 13.2 Å². The van der Waals surface area contributed by atoms with Crippen LogP contribution in [0.1, 0.15) is 25.7 Å². The van der Waals surface area contributed by atoms with E-state index in [4.69, 9.17) is 16.3 Å². The van der Waals surface area contributed by atoms with Crippen LogP contribution in [-0.2, 0) is 14.8 Å². The van der Waals surface area contributed by atoms with Crippen molar-refractivity contribution in [2.24, 2.45) is 0 Å². The Balaban J connectivity index is 1.94. The van der Waals surface area contributed by atoms with E-state index in [1.165, 1.54) is 0 Å². The number of morpholine rings is 1. The molecule has 2 aliphatic rings. The fourth-order valence-corrected chi connectivity index (χ4v) is 5.47. The summed E-state index contributed by atoms with van der Waals surface area (Å²) in [4.78, 5) is 0.282. The van der Waals surface area contributed by atoms with Gasteiger partial charge in [-0.1, -0.05) is 24.4 Å². The summed E-state index contributed by atoms with van der Waals surface area (Å²) in [7, 11) is -3.51. The van der Waals surface area contributed by atoms with Crippen molar-refractivity contribution in [1.29, 1.82) is 0 Å². The molecule has 2 atom stereocenters. The van der Waals surface area contributed by atoms with Gasteiger partial charge in [0.1, 0.15) is 0 Å². The summed E-state index contributed by atoms with van der Waals surface area (Å²) >= 11 is 9.24. The van der Waals surface area contributed by atoms with Gasteiger partial charge < -0.3 is 4.74 Å². The van der Waals surface area contributed by atoms with Crippen LogP contribution in [0, 0.1) is 0 Å². The van der Waals surface area contributed by atoms with Crippen LogP contribution in [0.2, 0.25) is 5.02 Å². The molecule has 0 N–H and O–H groups in total. The zero-order chi connectivity index (χ0) is 15.0. The first kappa shape index (κ1) is 15.7. The Bertz CT molecular complexity index is 635. The van der Waals surface area contributed by atoms with Crippen molar-refractivity contribution < 1.29 is 13.2 Å². The first-order chi connectivity index (χ1) is 10.00. The Morgan fingerprint density at radius 2 is 2.05 bits per heavy atom. The second kappa shape index (κ2) is 6.16. The predicted molar refractivity (Wildman–Crippen MR) is 85.0 cm³/mol. The molecule has 0 radical (unpaired) electrons. The maximum absolute atomic E-state index is 12.9. The molecule has 1 aliphatic carbocycles. The molecular weight excluding hydrogens is 378 g/mol. The second-order valence-corrected chi connectivity index (χ2v) is 8.60. The van der Waals surface area contributed by atoms with Gasteiger partial charge in [0, 0.05) is 11.0 Å². The molecule has 1 aromatic rings. The molecule has 1 aromatic carbocycles. The van der Waals surface area contributed by atoms with E-state index in [0.29, 0.717) is 22.6 Å². The first-order valence-electron chi connectivity index (χ1n) is 7.08. The Labute approximate surface area is 138 Å². The molecule has 2 unspecified atom stereocenters. The fourth-order valence-electron chi connectivity index (χ4n) is 3.13. The lowest BCUT2D eigenvalue weighted by atomic mass is 9.91. The van der Waals surface area contributed by atoms with Gasteiger partial charge in [-0.15, -0.1) is 0 Å². The van der Waals surface area contributed by atoms with Gasteiger partial charge >= 0.3 is 0 Å². The second-order valence-electron chi connectivity index (χ2n) is 5.45. The van der Waals surface area contributed by atoms with Crippen LogP contribution in [0.5, 0.6) is 0 Å². The van der Waals surface area contributed by atoms with Crippen molar-refractivity contribution >= 4 is 37.6 Å². The van der Waals surface area contributed by atoms with Gasteiger partial charge in [-0.3, -0.25) is 0 Å². The summed E-state index contributed by atoms with van der Waals surface area (Å²) in [5, 5.41) is 0.506. The van der Waals surface area contributed by atoms with Crippen molar-refractivity contribution in [3.8, 4) is 0 Å². The average molecular weight is 395 g/mol. The highest BCUT2D eigenvalue weighted by atomic mass is 79.9. The minimum atomic E-state index is -3.51. The number of rotatable bonds is 2. The highest BCUT2D eigenvalue weighted by Crippen LogP contribution is 2.33. The van der Waals surface area contributed by atoms with Crippen LogP contribution in [0.25, 0.3) is 0 Å². The Kier molecular flexibility index (Phi) is 4.62. The summed E-state index contributed by atoms with van der Waals surface area (Å²) in [5.74, 6) is 0. The van der Waals surface area contributed by atoms with Crippen molar-refractivity contribution in [3.63, 3.8) is 0 Å². The van der Waals surface area contributed by atoms with E-state index in [-0.39, 0.29) is 17.0 Å². The summed E-state index contributed by atoms with van der Waals surface area (Å²) in [6, 6.07) is 4.71. The van der Waals surface area contributed by atoms with E-state index < -0.39 is 10.0 Å². The van der Waals surface area contributed by atoms with E-state index in [9.17, 15) is 8.42 Å². The third-order valence-electron chi connectivity index (χ3n) is 4.18. The summed E-state index contributed by atoms with van der Waals surface area (Å²) in [6.45, 7) is 0.888. The van der Waals surface area contributed by atoms with E-state index in [1.54, 1.807) is 22.5 Å². The quantitative estimate of drug-likeness (QED) is 0.772. The maximum atomic E-state index is 12.9. The van der Waals surface area contributed by atoms with Crippen LogP contribution >= 0.6 is 27.5 Å². The van der Waals surface area contributed by atoms with Crippen LogP contribution < -0.4 is 0 Å². The van der Waals surface area contributed by atoms with Crippen LogP contribution in [0.3, 0.4) is 0 Å². The highest BCUT2D eigenvalue weighted by molar-refractivity contribution is 9.10. The van der Waals surface area contributed by atoms with Gasteiger partial charge in [-0.25, -0.2) is 8.42 Å².